The summed E-state index contributed by atoms with van der Waals surface area (Å²) >= 11 is 0. The number of likely N-dealkylation sites (tertiary alicyclic amines) is 1. The lowest BCUT2D eigenvalue weighted by atomic mass is 9.93. The fourth-order valence-corrected chi connectivity index (χ4v) is 2.32. The normalized spacial score (nSPS) is 24.0. The summed E-state index contributed by atoms with van der Waals surface area (Å²) in [6.07, 6.45) is 2.60. The SMILES string of the molecule is CCNC(CC)CN1CCC(C)(C)C1. The molecule has 0 aliphatic carbocycles. The van der Waals surface area contributed by atoms with E-state index in [1.807, 2.05) is 0 Å². The lowest BCUT2D eigenvalue weighted by Crippen LogP contribution is -2.40. The van der Waals surface area contributed by atoms with Gasteiger partial charge in [0.1, 0.15) is 0 Å². The third-order valence-corrected chi connectivity index (χ3v) is 3.22. The molecule has 2 heteroatoms. The van der Waals surface area contributed by atoms with Gasteiger partial charge in [-0.15, -0.1) is 0 Å². The van der Waals surface area contributed by atoms with Gasteiger partial charge in [-0.2, -0.15) is 0 Å². The van der Waals surface area contributed by atoms with Crippen molar-refractivity contribution in [3.63, 3.8) is 0 Å². The second kappa shape index (κ2) is 5.13. The number of rotatable bonds is 5. The minimum Gasteiger partial charge on any atom is -0.313 e. The molecule has 1 heterocycles. The van der Waals surface area contributed by atoms with E-state index >= 15 is 0 Å². The molecular formula is C12H26N2. The Balaban J connectivity index is 2.30. The lowest BCUT2D eigenvalue weighted by molar-refractivity contribution is 0.258. The zero-order chi connectivity index (χ0) is 10.6. The van der Waals surface area contributed by atoms with E-state index in [1.165, 1.54) is 32.5 Å². The van der Waals surface area contributed by atoms with Crippen LogP contribution in [0.25, 0.3) is 0 Å². The van der Waals surface area contributed by atoms with Crippen molar-refractivity contribution in [3.05, 3.63) is 0 Å². The average molecular weight is 198 g/mol. The summed E-state index contributed by atoms with van der Waals surface area (Å²) in [6, 6.07) is 0.689. The van der Waals surface area contributed by atoms with Crippen LogP contribution < -0.4 is 5.32 Å². The van der Waals surface area contributed by atoms with Gasteiger partial charge in [0, 0.05) is 19.1 Å². The Bertz CT molecular complexity index is 166. The summed E-state index contributed by atoms with van der Waals surface area (Å²) in [5.74, 6) is 0. The number of nitrogens with zero attached hydrogens (tertiary/aromatic N) is 1. The van der Waals surface area contributed by atoms with Gasteiger partial charge in [-0.25, -0.2) is 0 Å². The van der Waals surface area contributed by atoms with Crippen molar-refractivity contribution in [2.45, 2.75) is 46.6 Å². The highest BCUT2D eigenvalue weighted by molar-refractivity contribution is 4.84. The van der Waals surface area contributed by atoms with Gasteiger partial charge in [0.05, 0.1) is 0 Å². The molecule has 1 unspecified atom stereocenters. The van der Waals surface area contributed by atoms with Crippen molar-refractivity contribution in [2.24, 2.45) is 5.41 Å². The molecule has 0 aromatic rings. The average Bonchev–Trinajstić information content (AvgIpc) is 2.45. The molecule has 0 aromatic carbocycles. The number of hydrogen-bond acceptors (Lipinski definition) is 2. The number of nitrogens with one attached hydrogen (secondary N) is 1. The van der Waals surface area contributed by atoms with Crippen molar-refractivity contribution in [1.29, 1.82) is 0 Å². The summed E-state index contributed by atoms with van der Waals surface area (Å²) in [4.78, 5) is 2.61. The van der Waals surface area contributed by atoms with E-state index in [4.69, 9.17) is 0 Å². The zero-order valence-corrected chi connectivity index (χ0v) is 10.3. The quantitative estimate of drug-likeness (QED) is 0.728. The van der Waals surface area contributed by atoms with Crippen LogP contribution in [-0.4, -0.2) is 37.1 Å². The predicted octanol–water partition coefficient (Wildman–Crippen LogP) is 2.11. The highest BCUT2D eigenvalue weighted by Crippen LogP contribution is 2.28. The summed E-state index contributed by atoms with van der Waals surface area (Å²) in [7, 11) is 0. The van der Waals surface area contributed by atoms with E-state index in [-0.39, 0.29) is 0 Å². The summed E-state index contributed by atoms with van der Waals surface area (Å²) < 4.78 is 0. The molecule has 1 fully saturated rings. The molecule has 0 radical (unpaired) electrons. The lowest BCUT2D eigenvalue weighted by Gasteiger charge is -2.24. The van der Waals surface area contributed by atoms with Crippen LogP contribution in [-0.2, 0) is 0 Å². The second-order valence-corrected chi connectivity index (χ2v) is 5.31. The molecule has 14 heavy (non-hydrogen) atoms. The van der Waals surface area contributed by atoms with Crippen LogP contribution in [0.4, 0.5) is 0 Å². The van der Waals surface area contributed by atoms with Crippen molar-refractivity contribution >= 4 is 0 Å². The smallest absolute Gasteiger partial charge is 0.0192 e. The van der Waals surface area contributed by atoms with Crippen molar-refractivity contribution in [2.75, 3.05) is 26.2 Å². The van der Waals surface area contributed by atoms with Gasteiger partial charge in [0.2, 0.25) is 0 Å². The van der Waals surface area contributed by atoms with Crippen molar-refractivity contribution < 1.29 is 0 Å². The Morgan fingerprint density at radius 2 is 2.07 bits per heavy atom. The molecule has 84 valence electrons. The van der Waals surface area contributed by atoms with Gasteiger partial charge < -0.3 is 10.2 Å². The monoisotopic (exact) mass is 198 g/mol. The molecule has 2 nitrogen and oxygen atoms in total. The molecule has 0 aromatic heterocycles. The van der Waals surface area contributed by atoms with E-state index in [1.54, 1.807) is 0 Å². The fraction of sp³-hybridized carbons (Fsp3) is 1.00. The maximum absolute atomic E-state index is 3.54. The minimum atomic E-state index is 0.546. The van der Waals surface area contributed by atoms with Crippen LogP contribution in [0.3, 0.4) is 0 Å². The highest BCUT2D eigenvalue weighted by Gasteiger charge is 2.29. The molecule has 0 amide bonds. The molecule has 1 rings (SSSR count). The van der Waals surface area contributed by atoms with Crippen LogP contribution >= 0.6 is 0 Å². The molecule has 0 bridgehead atoms. The standard InChI is InChI=1S/C12H26N2/c1-5-11(13-6-2)9-14-8-7-12(3,4)10-14/h11,13H,5-10H2,1-4H3. The largest absolute Gasteiger partial charge is 0.313 e. The van der Waals surface area contributed by atoms with E-state index in [0.717, 1.165) is 6.54 Å². The van der Waals surface area contributed by atoms with E-state index < -0.39 is 0 Å². The van der Waals surface area contributed by atoms with E-state index in [9.17, 15) is 0 Å². The first kappa shape index (κ1) is 12.0. The number of hydrogen-bond donors (Lipinski definition) is 1. The Labute approximate surface area is 89.1 Å². The van der Waals surface area contributed by atoms with Crippen molar-refractivity contribution in [1.82, 2.24) is 10.2 Å². The summed E-state index contributed by atoms with van der Waals surface area (Å²) in [6.45, 7) is 14.1. The molecule has 0 saturated carbocycles. The van der Waals surface area contributed by atoms with Crippen molar-refractivity contribution in [3.8, 4) is 0 Å². The van der Waals surface area contributed by atoms with E-state index in [2.05, 4.69) is 37.9 Å². The van der Waals surface area contributed by atoms with Crippen LogP contribution in [0.1, 0.15) is 40.5 Å². The molecule has 1 atom stereocenters. The Hall–Kier alpha value is -0.0800. The van der Waals surface area contributed by atoms with Gasteiger partial charge in [0.25, 0.3) is 0 Å². The highest BCUT2D eigenvalue weighted by atomic mass is 15.2. The predicted molar refractivity (Wildman–Crippen MR) is 62.6 cm³/mol. The van der Waals surface area contributed by atoms with Crippen LogP contribution in [0.5, 0.6) is 0 Å². The molecular weight excluding hydrogens is 172 g/mol. The Morgan fingerprint density at radius 1 is 1.36 bits per heavy atom. The summed E-state index contributed by atoms with van der Waals surface area (Å²) in [5.41, 5.74) is 0.546. The van der Waals surface area contributed by atoms with Gasteiger partial charge in [0.15, 0.2) is 0 Å². The fourth-order valence-electron chi connectivity index (χ4n) is 2.32. The topological polar surface area (TPSA) is 15.3 Å². The minimum absolute atomic E-state index is 0.546. The van der Waals surface area contributed by atoms with Gasteiger partial charge in [-0.3, -0.25) is 0 Å². The van der Waals surface area contributed by atoms with Gasteiger partial charge in [-0.1, -0.05) is 27.7 Å². The third-order valence-electron chi connectivity index (χ3n) is 3.22. The third kappa shape index (κ3) is 3.58. The molecule has 1 saturated heterocycles. The first-order valence-corrected chi connectivity index (χ1v) is 6.03. The number of likely N-dealkylation sites (N-methyl/N-ethyl adjacent to an activating group) is 1. The molecule has 1 N–H and O–H groups in total. The molecule has 0 spiro atoms. The van der Waals surface area contributed by atoms with Crippen LogP contribution in [0, 0.1) is 5.41 Å². The first-order chi connectivity index (χ1) is 6.57. The summed E-state index contributed by atoms with van der Waals surface area (Å²) in [5, 5.41) is 3.54. The molecule has 1 aliphatic heterocycles. The second-order valence-electron chi connectivity index (χ2n) is 5.31. The van der Waals surface area contributed by atoms with Gasteiger partial charge >= 0.3 is 0 Å². The Morgan fingerprint density at radius 3 is 2.50 bits per heavy atom. The first-order valence-electron chi connectivity index (χ1n) is 6.03. The van der Waals surface area contributed by atoms with Crippen LogP contribution in [0.15, 0.2) is 0 Å². The Kier molecular flexibility index (Phi) is 4.39. The maximum Gasteiger partial charge on any atom is 0.0192 e. The van der Waals surface area contributed by atoms with E-state index in [0.29, 0.717) is 11.5 Å². The van der Waals surface area contributed by atoms with Gasteiger partial charge in [-0.05, 0) is 31.3 Å². The molecule has 1 aliphatic rings. The maximum atomic E-state index is 3.54. The van der Waals surface area contributed by atoms with Crippen LogP contribution in [0.2, 0.25) is 0 Å². The zero-order valence-electron chi connectivity index (χ0n) is 10.3.